The minimum Gasteiger partial charge on any atom is -0.480 e. The largest absolute Gasteiger partial charge is 0.480 e. The highest BCUT2D eigenvalue weighted by molar-refractivity contribution is 7.05. The van der Waals surface area contributed by atoms with Crippen LogP contribution in [0.1, 0.15) is 4.88 Å². The van der Waals surface area contributed by atoms with Crippen LogP contribution in [0.15, 0.2) is 10.9 Å². The number of H-pyrrole nitrogens is 1. The average Bonchev–Trinajstić information content (AvgIpc) is 2.35. The molecule has 6 heteroatoms. The smallest absolute Gasteiger partial charge is 0.320 e. The summed E-state index contributed by atoms with van der Waals surface area (Å²) in [6.07, 6.45) is 0.193. The van der Waals surface area contributed by atoms with Crippen molar-refractivity contribution in [2.24, 2.45) is 5.73 Å². The van der Waals surface area contributed by atoms with Crippen LogP contribution in [0.25, 0.3) is 0 Å². The molecule has 0 aliphatic heterocycles. The quantitative estimate of drug-likeness (QED) is 0.589. The standard InChI is InChI=1S/C6H8N2O3S/c7-4(6(10)11)1-3-2-5(9)8-12-3/h2,4H,1,7H2,(H,8,9)(H,10,11)/t4-/m1/s1. The number of aromatic nitrogens is 1. The Kier molecular flexibility index (Phi) is 2.61. The van der Waals surface area contributed by atoms with Crippen molar-refractivity contribution in [2.75, 3.05) is 0 Å². The van der Waals surface area contributed by atoms with E-state index in [0.29, 0.717) is 4.88 Å². The summed E-state index contributed by atoms with van der Waals surface area (Å²) >= 11 is 1.11. The van der Waals surface area contributed by atoms with Gasteiger partial charge in [-0.3, -0.25) is 14.0 Å². The third-order valence-electron chi connectivity index (χ3n) is 1.31. The molecule has 0 radical (unpaired) electrons. The van der Waals surface area contributed by atoms with Crippen LogP contribution in [0.3, 0.4) is 0 Å². The lowest BCUT2D eigenvalue weighted by atomic mass is 10.2. The zero-order chi connectivity index (χ0) is 9.14. The van der Waals surface area contributed by atoms with E-state index in [1.807, 2.05) is 0 Å². The third kappa shape index (κ3) is 2.18. The monoisotopic (exact) mass is 188 g/mol. The molecule has 0 aliphatic carbocycles. The number of hydrogen-bond donors (Lipinski definition) is 3. The van der Waals surface area contributed by atoms with Crippen LogP contribution < -0.4 is 11.3 Å². The molecule has 0 aromatic carbocycles. The average molecular weight is 188 g/mol. The minimum atomic E-state index is -1.06. The first kappa shape index (κ1) is 8.95. The van der Waals surface area contributed by atoms with Crippen molar-refractivity contribution in [3.63, 3.8) is 0 Å². The molecule has 1 atom stereocenters. The molecule has 1 aromatic rings. The topological polar surface area (TPSA) is 96.2 Å². The van der Waals surface area contributed by atoms with Crippen molar-refractivity contribution in [3.8, 4) is 0 Å². The van der Waals surface area contributed by atoms with Crippen molar-refractivity contribution in [2.45, 2.75) is 12.5 Å². The summed E-state index contributed by atoms with van der Waals surface area (Å²) in [6.45, 7) is 0. The van der Waals surface area contributed by atoms with Crippen molar-refractivity contribution in [1.29, 1.82) is 0 Å². The van der Waals surface area contributed by atoms with Crippen LogP contribution in [-0.2, 0) is 11.2 Å². The summed E-state index contributed by atoms with van der Waals surface area (Å²) in [6, 6.07) is 0.421. The van der Waals surface area contributed by atoms with Crippen LogP contribution in [-0.4, -0.2) is 21.5 Å². The fourth-order valence-corrected chi connectivity index (χ4v) is 1.45. The number of aliphatic carboxylic acids is 1. The molecule has 4 N–H and O–H groups in total. The van der Waals surface area contributed by atoms with Gasteiger partial charge in [0.05, 0.1) is 0 Å². The van der Waals surface area contributed by atoms with Gasteiger partial charge >= 0.3 is 5.97 Å². The molecule has 66 valence electrons. The second-order valence-corrected chi connectivity index (χ2v) is 3.26. The predicted octanol–water partition coefficient (Wildman–Crippen LogP) is -0.609. The molecular formula is C6H8N2O3S. The number of carbonyl (C=O) groups is 1. The summed E-state index contributed by atoms with van der Waals surface area (Å²) in [7, 11) is 0. The molecule has 0 aliphatic rings. The van der Waals surface area contributed by atoms with Crippen molar-refractivity contribution >= 4 is 17.5 Å². The van der Waals surface area contributed by atoms with Crippen LogP contribution in [0.5, 0.6) is 0 Å². The lowest BCUT2D eigenvalue weighted by Gasteiger charge is -2.01. The Morgan fingerprint density at radius 1 is 1.83 bits per heavy atom. The van der Waals surface area contributed by atoms with Gasteiger partial charge in [-0.1, -0.05) is 11.5 Å². The zero-order valence-electron chi connectivity index (χ0n) is 6.11. The van der Waals surface area contributed by atoms with E-state index in [2.05, 4.69) is 4.37 Å². The van der Waals surface area contributed by atoms with Crippen molar-refractivity contribution < 1.29 is 9.90 Å². The maximum Gasteiger partial charge on any atom is 0.320 e. The first-order valence-corrected chi connectivity index (χ1v) is 4.07. The molecule has 0 bridgehead atoms. The van der Waals surface area contributed by atoms with E-state index in [0.717, 1.165) is 11.5 Å². The molecule has 1 heterocycles. The minimum absolute atomic E-state index is 0.193. The predicted molar refractivity (Wildman–Crippen MR) is 44.3 cm³/mol. The third-order valence-corrected chi connectivity index (χ3v) is 2.16. The Labute approximate surface area is 72.0 Å². The van der Waals surface area contributed by atoms with Gasteiger partial charge in [0.15, 0.2) is 0 Å². The summed E-state index contributed by atoms with van der Waals surface area (Å²) in [5.74, 6) is -1.06. The lowest BCUT2D eigenvalue weighted by molar-refractivity contribution is -0.138. The zero-order valence-corrected chi connectivity index (χ0v) is 6.93. The molecule has 0 saturated carbocycles. The molecular weight excluding hydrogens is 180 g/mol. The van der Waals surface area contributed by atoms with Gasteiger partial charge in [0.25, 0.3) is 5.56 Å². The first-order chi connectivity index (χ1) is 5.59. The maximum absolute atomic E-state index is 10.6. The molecule has 12 heavy (non-hydrogen) atoms. The Morgan fingerprint density at radius 2 is 2.50 bits per heavy atom. The van der Waals surface area contributed by atoms with Gasteiger partial charge in [0.2, 0.25) is 0 Å². The Bertz CT molecular complexity index is 330. The fourth-order valence-electron chi connectivity index (χ4n) is 0.726. The fraction of sp³-hybridized carbons (Fsp3) is 0.333. The molecule has 1 aromatic heterocycles. The number of hydrogen-bond acceptors (Lipinski definition) is 4. The normalized spacial score (nSPS) is 12.8. The van der Waals surface area contributed by atoms with Gasteiger partial charge in [-0.25, -0.2) is 0 Å². The summed E-state index contributed by atoms with van der Waals surface area (Å²) in [5, 5.41) is 8.44. The SMILES string of the molecule is N[C@H](Cc1cc(=O)[nH]s1)C(=O)O. The Hall–Kier alpha value is -1.14. The van der Waals surface area contributed by atoms with Crippen LogP contribution in [0.2, 0.25) is 0 Å². The van der Waals surface area contributed by atoms with Crippen molar-refractivity contribution in [1.82, 2.24) is 4.37 Å². The number of nitrogens with two attached hydrogens (primary N) is 1. The summed E-state index contributed by atoms with van der Waals surface area (Å²) in [4.78, 5) is 21.6. The molecule has 0 spiro atoms. The number of rotatable bonds is 3. The Morgan fingerprint density at radius 3 is 2.92 bits per heavy atom. The molecule has 5 nitrogen and oxygen atoms in total. The van der Waals surface area contributed by atoms with Crippen LogP contribution >= 0.6 is 11.5 Å². The molecule has 0 amide bonds. The Balaban J connectivity index is 2.64. The van der Waals surface area contributed by atoms with Gasteiger partial charge in [0, 0.05) is 17.4 Å². The van der Waals surface area contributed by atoms with Crippen LogP contribution in [0, 0.1) is 0 Å². The number of carboxylic acid groups (broad SMARTS) is 1. The molecule has 0 saturated heterocycles. The first-order valence-electron chi connectivity index (χ1n) is 3.25. The van der Waals surface area contributed by atoms with E-state index in [-0.39, 0.29) is 12.0 Å². The molecule has 0 unspecified atom stereocenters. The van der Waals surface area contributed by atoms with Crippen molar-refractivity contribution in [3.05, 3.63) is 21.3 Å². The van der Waals surface area contributed by atoms with E-state index >= 15 is 0 Å². The van der Waals surface area contributed by atoms with Crippen LogP contribution in [0.4, 0.5) is 0 Å². The second-order valence-electron chi connectivity index (χ2n) is 2.33. The van der Waals surface area contributed by atoms with E-state index in [1.165, 1.54) is 6.07 Å². The van der Waals surface area contributed by atoms with E-state index < -0.39 is 12.0 Å². The lowest BCUT2D eigenvalue weighted by Crippen LogP contribution is -2.31. The van der Waals surface area contributed by atoms with E-state index in [9.17, 15) is 9.59 Å². The number of aromatic amines is 1. The van der Waals surface area contributed by atoms with E-state index in [4.69, 9.17) is 10.8 Å². The highest BCUT2D eigenvalue weighted by atomic mass is 32.1. The maximum atomic E-state index is 10.6. The molecule has 1 rings (SSSR count). The van der Waals surface area contributed by atoms with Gasteiger partial charge in [-0.2, -0.15) is 0 Å². The number of nitrogens with one attached hydrogen (secondary N) is 1. The van der Waals surface area contributed by atoms with Gasteiger partial charge < -0.3 is 10.8 Å². The van der Waals surface area contributed by atoms with E-state index in [1.54, 1.807) is 0 Å². The summed E-state index contributed by atoms with van der Waals surface area (Å²) < 4.78 is 2.45. The highest BCUT2D eigenvalue weighted by Gasteiger charge is 2.12. The van der Waals surface area contributed by atoms with Gasteiger partial charge in [-0.05, 0) is 0 Å². The highest BCUT2D eigenvalue weighted by Crippen LogP contribution is 2.03. The second kappa shape index (κ2) is 3.51. The van der Waals surface area contributed by atoms with Gasteiger partial charge in [-0.15, -0.1) is 0 Å². The molecule has 0 fully saturated rings. The summed E-state index contributed by atoms with van der Waals surface area (Å²) in [5.41, 5.74) is 5.03. The number of carboxylic acids is 1. The van der Waals surface area contributed by atoms with Gasteiger partial charge in [0.1, 0.15) is 6.04 Å².